The van der Waals surface area contributed by atoms with Crippen molar-refractivity contribution in [1.82, 2.24) is 4.90 Å². The molecule has 0 aromatic heterocycles. The number of nitrogens with zero attached hydrogens (tertiary/aromatic N) is 1. The summed E-state index contributed by atoms with van der Waals surface area (Å²) in [5, 5.41) is 0. The second-order valence-electron chi connectivity index (χ2n) is 3.58. The van der Waals surface area contributed by atoms with Crippen LogP contribution in [-0.2, 0) is 0 Å². The van der Waals surface area contributed by atoms with Crippen LogP contribution in [0.25, 0.3) is 0 Å². The monoisotopic (exact) mass is 258 g/mol. The first kappa shape index (κ1) is 14.4. The average molecular weight is 258 g/mol. The molecule has 0 bridgehead atoms. The quantitative estimate of drug-likeness (QED) is 0.845. The zero-order valence-electron chi connectivity index (χ0n) is 10.1. The van der Waals surface area contributed by atoms with Gasteiger partial charge < -0.3 is 15.4 Å². The van der Waals surface area contributed by atoms with Crippen LogP contribution in [0.4, 0.5) is 8.78 Å². The summed E-state index contributed by atoms with van der Waals surface area (Å²) in [4.78, 5) is 13.6. The number of nitrogens with two attached hydrogens (primary N) is 1. The topological polar surface area (TPSA) is 55.6 Å². The molecule has 1 rings (SSSR count). The third-order valence-electron chi connectivity index (χ3n) is 2.37. The van der Waals surface area contributed by atoms with E-state index in [-0.39, 0.29) is 11.7 Å². The molecule has 1 amide bonds. The number of carbonyl (C=O) groups excluding carboxylic acids is 1. The van der Waals surface area contributed by atoms with E-state index in [1.54, 1.807) is 11.0 Å². The minimum absolute atomic E-state index is 0.0281. The van der Waals surface area contributed by atoms with Crippen LogP contribution >= 0.6 is 0 Å². The molecule has 0 unspecified atom stereocenters. The van der Waals surface area contributed by atoms with Crippen LogP contribution in [0, 0.1) is 0 Å². The van der Waals surface area contributed by atoms with Crippen molar-refractivity contribution in [3.8, 4) is 5.75 Å². The molecule has 0 aliphatic rings. The van der Waals surface area contributed by atoms with Crippen molar-refractivity contribution in [3.05, 3.63) is 29.8 Å². The van der Waals surface area contributed by atoms with Gasteiger partial charge in [-0.2, -0.15) is 8.78 Å². The van der Waals surface area contributed by atoms with Crippen LogP contribution in [-0.4, -0.2) is 37.1 Å². The first-order valence-electron chi connectivity index (χ1n) is 5.62. The van der Waals surface area contributed by atoms with Gasteiger partial charge in [0.25, 0.3) is 5.91 Å². The molecule has 0 aliphatic heterocycles. The maximum absolute atomic E-state index is 12.1. The van der Waals surface area contributed by atoms with Crippen LogP contribution in [0.3, 0.4) is 0 Å². The fourth-order valence-corrected chi connectivity index (χ4v) is 1.55. The van der Waals surface area contributed by atoms with Crippen molar-refractivity contribution < 1.29 is 18.3 Å². The Bertz CT molecular complexity index is 399. The molecule has 100 valence electrons. The van der Waals surface area contributed by atoms with Gasteiger partial charge in [0.1, 0.15) is 5.75 Å². The van der Waals surface area contributed by atoms with Crippen molar-refractivity contribution in [1.29, 1.82) is 0 Å². The number of rotatable bonds is 6. The molecule has 0 saturated heterocycles. The maximum atomic E-state index is 12.1. The van der Waals surface area contributed by atoms with Crippen LogP contribution in [0.5, 0.6) is 5.75 Å². The Kier molecular flexibility index (Phi) is 5.51. The molecule has 1 aromatic rings. The molecule has 0 spiro atoms. The Morgan fingerprint density at radius 3 is 2.78 bits per heavy atom. The van der Waals surface area contributed by atoms with Gasteiger partial charge in [0.2, 0.25) is 0 Å². The maximum Gasteiger partial charge on any atom is 0.387 e. The molecule has 0 atom stereocenters. The van der Waals surface area contributed by atoms with E-state index >= 15 is 0 Å². The summed E-state index contributed by atoms with van der Waals surface area (Å²) in [5.74, 6) is -0.276. The second-order valence-corrected chi connectivity index (χ2v) is 3.58. The van der Waals surface area contributed by atoms with Crippen LogP contribution < -0.4 is 10.5 Å². The predicted molar refractivity (Wildman–Crippen MR) is 63.7 cm³/mol. The molecule has 0 aliphatic carbocycles. The van der Waals surface area contributed by atoms with Gasteiger partial charge in [-0.3, -0.25) is 4.79 Å². The summed E-state index contributed by atoms with van der Waals surface area (Å²) in [6.07, 6.45) is 0. The molecule has 2 N–H and O–H groups in total. The fourth-order valence-electron chi connectivity index (χ4n) is 1.55. The zero-order chi connectivity index (χ0) is 13.5. The lowest BCUT2D eigenvalue weighted by atomic mass is 10.2. The van der Waals surface area contributed by atoms with Crippen LogP contribution in [0.2, 0.25) is 0 Å². The zero-order valence-corrected chi connectivity index (χ0v) is 10.1. The number of likely N-dealkylation sites (N-methyl/N-ethyl adjacent to an activating group) is 1. The second kappa shape index (κ2) is 6.90. The van der Waals surface area contributed by atoms with Gasteiger partial charge in [-0.05, 0) is 25.1 Å². The van der Waals surface area contributed by atoms with Gasteiger partial charge in [0, 0.05) is 25.2 Å². The summed E-state index contributed by atoms with van der Waals surface area (Å²) >= 11 is 0. The number of amides is 1. The highest BCUT2D eigenvalue weighted by molar-refractivity contribution is 5.94. The number of halogens is 2. The molecular formula is C12H16F2N2O2. The molecule has 4 nitrogen and oxygen atoms in total. The normalized spacial score (nSPS) is 10.5. The van der Waals surface area contributed by atoms with E-state index in [0.717, 1.165) is 0 Å². The molecule has 0 heterocycles. The molecular weight excluding hydrogens is 242 g/mol. The van der Waals surface area contributed by atoms with Crippen LogP contribution in [0.15, 0.2) is 24.3 Å². The van der Waals surface area contributed by atoms with E-state index in [0.29, 0.717) is 25.2 Å². The van der Waals surface area contributed by atoms with Gasteiger partial charge in [-0.1, -0.05) is 6.07 Å². The third kappa shape index (κ3) is 3.96. The highest BCUT2D eigenvalue weighted by Gasteiger charge is 2.14. The van der Waals surface area contributed by atoms with Crippen molar-refractivity contribution in [2.24, 2.45) is 5.73 Å². The summed E-state index contributed by atoms with van der Waals surface area (Å²) in [7, 11) is 0. The molecule has 0 radical (unpaired) electrons. The van der Waals surface area contributed by atoms with E-state index in [1.165, 1.54) is 18.2 Å². The largest absolute Gasteiger partial charge is 0.435 e. The summed E-state index contributed by atoms with van der Waals surface area (Å²) in [6.45, 7) is 0.215. The van der Waals surface area contributed by atoms with Crippen molar-refractivity contribution in [3.63, 3.8) is 0 Å². The molecule has 1 aromatic carbocycles. The van der Waals surface area contributed by atoms with E-state index in [1.807, 2.05) is 6.92 Å². The van der Waals surface area contributed by atoms with Crippen molar-refractivity contribution in [2.75, 3.05) is 19.6 Å². The minimum atomic E-state index is -2.90. The van der Waals surface area contributed by atoms with Crippen LogP contribution in [0.1, 0.15) is 17.3 Å². The predicted octanol–water partition coefficient (Wildman–Crippen LogP) is 1.71. The minimum Gasteiger partial charge on any atom is -0.435 e. The highest BCUT2D eigenvalue weighted by Crippen LogP contribution is 2.17. The van der Waals surface area contributed by atoms with E-state index in [4.69, 9.17) is 5.73 Å². The number of hydrogen-bond donors (Lipinski definition) is 1. The third-order valence-corrected chi connectivity index (χ3v) is 2.37. The molecule has 6 heteroatoms. The number of alkyl halides is 2. The van der Waals surface area contributed by atoms with Crippen molar-refractivity contribution >= 4 is 5.91 Å². The smallest absolute Gasteiger partial charge is 0.387 e. The number of carbonyl (C=O) groups is 1. The fraction of sp³-hybridized carbons (Fsp3) is 0.417. The number of ether oxygens (including phenoxy) is 1. The van der Waals surface area contributed by atoms with Gasteiger partial charge in [-0.25, -0.2) is 0 Å². The Labute approximate surface area is 104 Å². The summed E-state index contributed by atoms with van der Waals surface area (Å²) in [5.41, 5.74) is 5.71. The SMILES string of the molecule is CCN(CCN)C(=O)c1cccc(OC(F)F)c1. The van der Waals surface area contributed by atoms with Crippen molar-refractivity contribution in [2.45, 2.75) is 13.5 Å². The van der Waals surface area contributed by atoms with Gasteiger partial charge in [0.15, 0.2) is 0 Å². The van der Waals surface area contributed by atoms with E-state index in [2.05, 4.69) is 4.74 Å². The standard InChI is InChI=1S/C12H16F2N2O2/c1-2-16(7-6-15)11(17)9-4-3-5-10(8-9)18-12(13)14/h3-5,8,12H,2,6-7,15H2,1H3. The Morgan fingerprint density at radius 2 is 2.22 bits per heavy atom. The summed E-state index contributed by atoms with van der Waals surface area (Å²) in [6, 6.07) is 5.73. The van der Waals surface area contributed by atoms with Gasteiger partial charge in [0.05, 0.1) is 0 Å². The molecule has 0 saturated carbocycles. The Hall–Kier alpha value is -1.69. The first-order valence-corrected chi connectivity index (χ1v) is 5.62. The van der Waals surface area contributed by atoms with E-state index in [9.17, 15) is 13.6 Å². The lowest BCUT2D eigenvalue weighted by molar-refractivity contribution is -0.0499. The number of benzene rings is 1. The summed E-state index contributed by atoms with van der Waals surface area (Å²) < 4.78 is 28.4. The molecule has 0 fully saturated rings. The highest BCUT2D eigenvalue weighted by atomic mass is 19.3. The number of hydrogen-bond acceptors (Lipinski definition) is 3. The Balaban J connectivity index is 2.84. The average Bonchev–Trinajstić information content (AvgIpc) is 2.34. The molecule has 18 heavy (non-hydrogen) atoms. The van der Waals surface area contributed by atoms with Gasteiger partial charge in [-0.15, -0.1) is 0 Å². The lowest BCUT2D eigenvalue weighted by Gasteiger charge is -2.20. The van der Waals surface area contributed by atoms with Gasteiger partial charge >= 0.3 is 6.61 Å². The Morgan fingerprint density at radius 1 is 1.50 bits per heavy atom. The lowest BCUT2D eigenvalue weighted by Crippen LogP contribution is -2.35. The van der Waals surface area contributed by atoms with E-state index < -0.39 is 6.61 Å². The first-order chi connectivity index (χ1) is 8.58.